The van der Waals surface area contributed by atoms with Gasteiger partial charge in [-0.05, 0) is 29.8 Å². The van der Waals surface area contributed by atoms with Gasteiger partial charge in [-0.1, -0.05) is 41.4 Å². The lowest BCUT2D eigenvalue weighted by Crippen LogP contribution is -1.87. The number of ether oxygens (including phenoxy) is 1. The molecule has 1 nitrogen and oxygen atoms in total. The maximum atomic E-state index is 6.04. The molecule has 0 saturated heterocycles. The van der Waals surface area contributed by atoms with Gasteiger partial charge >= 0.3 is 0 Å². The predicted molar refractivity (Wildman–Crippen MR) is 72.5 cm³/mol. The fraction of sp³-hybridized carbons (Fsp3) is 0.0769. The zero-order valence-electron chi connectivity index (χ0n) is 8.79. The summed E-state index contributed by atoms with van der Waals surface area (Å²) in [6.07, 6.45) is 0. The van der Waals surface area contributed by atoms with E-state index < -0.39 is 0 Å². The Labute approximate surface area is 115 Å². The summed E-state index contributed by atoms with van der Waals surface area (Å²) >= 11 is 17.8. The number of para-hydroxylation sites is 1. The highest BCUT2D eigenvalue weighted by atomic mass is 35.5. The number of hydrogen-bond acceptors (Lipinski definition) is 1. The van der Waals surface area contributed by atoms with Crippen LogP contribution in [0.15, 0.2) is 42.5 Å². The lowest BCUT2D eigenvalue weighted by molar-refractivity contribution is 0.483. The average molecular weight is 288 g/mol. The minimum absolute atomic E-state index is 0.380. The molecule has 0 atom stereocenters. The van der Waals surface area contributed by atoms with Crippen LogP contribution in [0.4, 0.5) is 0 Å². The van der Waals surface area contributed by atoms with Crippen LogP contribution < -0.4 is 4.74 Å². The summed E-state index contributed by atoms with van der Waals surface area (Å²) in [4.78, 5) is 0. The predicted octanol–water partition coefficient (Wildman–Crippen LogP) is 5.52. The molecule has 17 heavy (non-hydrogen) atoms. The second-order valence-electron chi connectivity index (χ2n) is 3.42. The topological polar surface area (TPSA) is 9.23 Å². The Morgan fingerprint density at radius 1 is 0.941 bits per heavy atom. The first-order valence-corrected chi connectivity index (χ1v) is 6.26. The van der Waals surface area contributed by atoms with Gasteiger partial charge in [0, 0.05) is 10.9 Å². The van der Waals surface area contributed by atoms with Crippen LogP contribution in [0.3, 0.4) is 0 Å². The van der Waals surface area contributed by atoms with E-state index in [2.05, 4.69) is 0 Å². The normalized spacial score (nSPS) is 10.3. The van der Waals surface area contributed by atoms with Gasteiger partial charge in [-0.25, -0.2) is 0 Å². The van der Waals surface area contributed by atoms with E-state index in [1.807, 2.05) is 24.3 Å². The number of benzene rings is 2. The number of alkyl halides is 1. The number of hydrogen-bond donors (Lipinski definition) is 0. The Kier molecular flexibility index (Phi) is 4.16. The molecule has 4 heteroatoms. The first-order chi connectivity index (χ1) is 8.20. The fourth-order valence-corrected chi connectivity index (χ4v) is 2.07. The fourth-order valence-electron chi connectivity index (χ4n) is 1.35. The third-order valence-electron chi connectivity index (χ3n) is 2.23. The van der Waals surface area contributed by atoms with Crippen LogP contribution >= 0.6 is 34.8 Å². The molecule has 0 aliphatic rings. The van der Waals surface area contributed by atoms with Crippen molar-refractivity contribution >= 4 is 34.8 Å². The van der Waals surface area contributed by atoms with E-state index >= 15 is 0 Å². The van der Waals surface area contributed by atoms with Crippen LogP contribution in [-0.4, -0.2) is 0 Å². The van der Waals surface area contributed by atoms with Crippen molar-refractivity contribution in [2.24, 2.45) is 0 Å². The standard InChI is InChI=1S/C13H9Cl3O/c14-8-9-5-6-10(7-12(9)16)17-13-4-2-1-3-11(13)15/h1-7H,8H2. The Morgan fingerprint density at radius 3 is 2.35 bits per heavy atom. The molecular weight excluding hydrogens is 279 g/mol. The van der Waals surface area contributed by atoms with Gasteiger partial charge in [-0.15, -0.1) is 11.6 Å². The molecule has 0 aliphatic carbocycles. The lowest BCUT2D eigenvalue weighted by Gasteiger charge is -2.08. The van der Waals surface area contributed by atoms with Gasteiger partial charge in [0.2, 0.25) is 0 Å². The molecule has 2 aromatic carbocycles. The minimum Gasteiger partial charge on any atom is -0.456 e. The Hall–Kier alpha value is -0.890. The monoisotopic (exact) mass is 286 g/mol. The molecule has 2 aromatic rings. The second kappa shape index (κ2) is 5.63. The first kappa shape index (κ1) is 12.6. The van der Waals surface area contributed by atoms with Crippen molar-refractivity contribution in [3.63, 3.8) is 0 Å². The maximum Gasteiger partial charge on any atom is 0.146 e. The van der Waals surface area contributed by atoms with E-state index in [9.17, 15) is 0 Å². The van der Waals surface area contributed by atoms with Crippen LogP contribution in [0.25, 0.3) is 0 Å². The van der Waals surface area contributed by atoms with E-state index in [1.54, 1.807) is 18.2 Å². The van der Waals surface area contributed by atoms with Gasteiger partial charge in [0.05, 0.1) is 5.02 Å². The van der Waals surface area contributed by atoms with Gasteiger partial charge in [0.15, 0.2) is 0 Å². The van der Waals surface area contributed by atoms with Crippen molar-refractivity contribution < 1.29 is 4.74 Å². The van der Waals surface area contributed by atoms with Crippen LogP contribution in [-0.2, 0) is 5.88 Å². The molecular formula is C13H9Cl3O. The molecule has 0 spiro atoms. The van der Waals surface area contributed by atoms with E-state index in [-0.39, 0.29) is 0 Å². The quantitative estimate of drug-likeness (QED) is 0.675. The van der Waals surface area contributed by atoms with Crippen molar-refractivity contribution in [1.82, 2.24) is 0 Å². The van der Waals surface area contributed by atoms with Crippen LogP contribution in [0, 0.1) is 0 Å². The van der Waals surface area contributed by atoms with E-state index in [0.29, 0.717) is 27.4 Å². The van der Waals surface area contributed by atoms with Gasteiger partial charge < -0.3 is 4.74 Å². The van der Waals surface area contributed by atoms with Gasteiger partial charge in [0.1, 0.15) is 11.5 Å². The average Bonchev–Trinajstić information content (AvgIpc) is 2.32. The Morgan fingerprint density at radius 2 is 1.71 bits per heavy atom. The van der Waals surface area contributed by atoms with Crippen molar-refractivity contribution in [3.8, 4) is 11.5 Å². The highest BCUT2D eigenvalue weighted by Crippen LogP contribution is 2.31. The molecule has 0 unspecified atom stereocenters. The molecule has 0 N–H and O–H groups in total. The largest absolute Gasteiger partial charge is 0.456 e. The van der Waals surface area contributed by atoms with E-state index in [1.165, 1.54) is 0 Å². The molecule has 88 valence electrons. The highest BCUT2D eigenvalue weighted by molar-refractivity contribution is 6.32. The van der Waals surface area contributed by atoms with Crippen LogP contribution in [0.2, 0.25) is 10.0 Å². The molecule has 0 saturated carbocycles. The molecule has 0 aliphatic heterocycles. The van der Waals surface area contributed by atoms with E-state index in [4.69, 9.17) is 39.5 Å². The van der Waals surface area contributed by atoms with Crippen molar-refractivity contribution in [2.45, 2.75) is 5.88 Å². The first-order valence-electron chi connectivity index (χ1n) is 4.97. The summed E-state index contributed by atoms with van der Waals surface area (Å²) < 4.78 is 5.63. The smallest absolute Gasteiger partial charge is 0.146 e. The molecule has 2 rings (SSSR count). The third kappa shape index (κ3) is 3.06. The Balaban J connectivity index is 2.25. The molecule has 0 amide bonds. The van der Waals surface area contributed by atoms with E-state index in [0.717, 1.165) is 5.56 Å². The third-order valence-corrected chi connectivity index (χ3v) is 3.18. The van der Waals surface area contributed by atoms with Crippen molar-refractivity contribution in [3.05, 3.63) is 58.1 Å². The van der Waals surface area contributed by atoms with Gasteiger partial charge in [0.25, 0.3) is 0 Å². The molecule has 0 aromatic heterocycles. The molecule has 0 fully saturated rings. The van der Waals surface area contributed by atoms with Crippen molar-refractivity contribution in [2.75, 3.05) is 0 Å². The summed E-state index contributed by atoms with van der Waals surface area (Å²) in [7, 11) is 0. The molecule has 0 radical (unpaired) electrons. The number of halogens is 3. The molecule has 0 bridgehead atoms. The number of rotatable bonds is 3. The maximum absolute atomic E-state index is 6.04. The van der Waals surface area contributed by atoms with Gasteiger partial charge in [-0.2, -0.15) is 0 Å². The van der Waals surface area contributed by atoms with Gasteiger partial charge in [-0.3, -0.25) is 0 Å². The summed E-state index contributed by atoms with van der Waals surface area (Å²) in [5.74, 6) is 1.62. The molecule has 0 heterocycles. The second-order valence-corrected chi connectivity index (χ2v) is 4.50. The summed E-state index contributed by atoms with van der Waals surface area (Å²) in [5, 5.41) is 1.15. The summed E-state index contributed by atoms with van der Waals surface area (Å²) in [6, 6.07) is 12.6. The SMILES string of the molecule is ClCc1ccc(Oc2ccccc2Cl)cc1Cl. The Bertz CT molecular complexity index is 526. The zero-order valence-corrected chi connectivity index (χ0v) is 11.1. The highest BCUT2D eigenvalue weighted by Gasteiger charge is 2.05. The lowest BCUT2D eigenvalue weighted by atomic mass is 10.2. The minimum atomic E-state index is 0.380. The van der Waals surface area contributed by atoms with Crippen LogP contribution in [0.5, 0.6) is 11.5 Å². The zero-order chi connectivity index (χ0) is 12.3. The van der Waals surface area contributed by atoms with Crippen LogP contribution in [0.1, 0.15) is 5.56 Å². The summed E-state index contributed by atoms with van der Waals surface area (Å²) in [5.41, 5.74) is 0.875. The van der Waals surface area contributed by atoms with Crippen molar-refractivity contribution in [1.29, 1.82) is 0 Å². The summed E-state index contributed by atoms with van der Waals surface area (Å²) in [6.45, 7) is 0.